The van der Waals surface area contributed by atoms with E-state index in [9.17, 15) is 23.0 Å². The number of aromatic nitrogens is 2. The third-order valence-electron chi connectivity index (χ3n) is 6.18. The van der Waals surface area contributed by atoms with E-state index in [-0.39, 0.29) is 9.92 Å². The van der Waals surface area contributed by atoms with Crippen LogP contribution in [0.1, 0.15) is 43.7 Å². The maximum absolute atomic E-state index is 14.3. The van der Waals surface area contributed by atoms with E-state index < -0.39 is 27.4 Å². The first-order valence-electron chi connectivity index (χ1n) is 11.6. The van der Waals surface area contributed by atoms with Gasteiger partial charge in [0.05, 0.1) is 27.4 Å². The van der Waals surface area contributed by atoms with Crippen molar-refractivity contribution in [3.05, 3.63) is 88.5 Å². The van der Waals surface area contributed by atoms with Crippen LogP contribution in [0.25, 0.3) is 28.2 Å². The molecule has 1 aromatic heterocycles. The number of hydrogen-bond donors (Lipinski definition) is 2. The molecule has 0 amide bonds. The number of sulfone groups is 1. The van der Waals surface area contributed by atoms with Crippen molar-refractivity contribution in [2.45, 2.75) is 44.3 Å². The van der Waals surface area contributed by atoms with Gasteiger partial charge in [-0.05, 0) is 80.3 Å². The summed E-state index contributed by atoms with van der Waals surface area (Å²) >= 11 is 6.28. The molecule has 2 N–H and O–H groups in total. The molecule has 0 fully saturated rings. The third kappa shape index (κ3) is 5.33. The van der Waals surface area contributed by atoms with Crippen LogP contribution in [0.5, 0.6) is 0 Å². The van der Waals surface area contributed by atoms with Crippen molar-refractivity contribution in [2.75, 3.05) is 6.26 Å². The maximum Gasteiger partial charge on any atom is 0.175 e. The highest BCUT2D eigenvalue weighted by atomic mass is 35.5. The van der Waals surface area contributed by atoms with E-state index in [0.717, 1.165) is 23.1 Å². The fourth-order valence-corrected chi connectivity index (χ4v) is 5.43. The predicted octanol–water partition coefficient (Wildman–Crippen LogP) is 5.99. The average molecular weight is 543 g/mol. The second kappa shape index (κ2) is 9.68. The molecule has 0 radical (unpaired) electrons. The van der Waals surface area contributed by atoms with Crippen LogP contribution >= 0.6 is 11.6 Å². The molecule has 0 aliphatic heterocycles. The number of halogens is 2. The van der Waals surface area contributed by atoms with Gasteiger partial charge in [0.1, 0.15) is 17.2 Å². The van der Waals surface area contributed by atoms with Crippen LogP contribution in [0.4, 0.5) is 4.39 Å². The number of aryl methyl sites for hydroxylation is 1. The van der Waals surface area contributed by atoms with Gasteiger partial charge in [0.2, 0.25) is 0 Å². The van der Waals surface area contributed by atoms with Gasteiger partial charge in [0.25, 0.3) is 0 Å². The van der Waals surface area contributed by atoms with Crippen molar-refractivity contribution in [1.82, 2.24) is 9.55 Å². The van der Waals surface area contributed by atoms with Crippen molar-refractivity contribution < 1.29 is 23.0 Å². The van der Waals surface area contributed by atoms with Crippen LogP contribution < -0.4 is 0 Å². The Morgan fingerprint density at radius 2 is 1.73 bits per heavy atom. The quantitative estimate of drug-likeness (QED) is 0.312. The molecule has 0 aliphatic rings. The van der Waals surface area contributed by atoms with Crippen LogP contribution in [-0.4, -0.2) is 34.4 Å². The highest BCUT2D eigenvalue weighted by Crippen LogP contribution is 2.35. The number of nitrogens with zero attached hydrogens (tertiary/aromatic N) is 2. The Morgan fingerprint density at radius 3 is 2.32 bits per heavy atom. The fraction of sp³-hybridized carbons (Fsp3) is 0.250. The van der Waals surface area contributed by atoms with Gasteiger partial charge in [-0.15, -0.1) is 0 Å². The first-order chi connectivity index (χ1) is 17.2. The Morgan fingerprint density at radius 1 is 1.08 bits per heavy atom. The molecule has 1 heterocycles. The lowest BCUT2D eigenvalue weighted by Gasteiger charge is -2.15. The van der Waals surface area contributed by atoms with Crippen LogP contribution in [0, 0.1) is 12.7 Å². The predicted molar refractivity (Wildman–Crippen MR) is 143 cm³/mol. The fourth-order valence-electron chi connectivity index (χ4n) is 4.21. The van der Waals surface area contributed by atoms with Crippen molar-refractivity contribution in [3.8, 4) is 28.2 Å². The largest absolute Gasteiger partial charge is 0.389 e. The minimum atomic E-state index is -3.56. The Kier molecular flexibility index (Phi) is 7.07. The lowest BCUT2D eigenvalue weighted by Crippen LogP contribution is -2.15. The van der Waals surface area contributed by atoms with E-state index in [1.54, 1.807) is 54.9 Å². The summed E-state index contributed by atoms with van der Waals surface area (Å²) in [4.78, 5) is 4.67. The molecule has 37 heavy (non-hydrogen) atoms. The van der Waals surface area contributed by atoms with E-state index >= 15 is 0 Å². The number of aliphatic hydroxyl groups is 2. The molecule has 0 spiro atoms. The van der Waals surface area contributed by atoms with Crippen LogP contribution in [-0.2, 0) is 15.4 Å². The first kappa shape index (κ1) is 27.0. The summed E-state index contributed by atoms with van der Waals surface area (Å²) in [5, 5.41) is 20.6. The van der Waals surface area contributed by atoms with Crippen molar-refractivity contribution in [3.63, 3.8) is 0 Å². The Labute approximate surface area is 220 Å². The van der Waals surface area contributed by atoms with Crippen LogP contribution in [0.2, 0.25) is 5.02 Å². The second-order valence-corrected chi connectivity index (χ2v) is 12.0. The van der Waals surface area contributed by atoms with Gasteiger partial charge >= 0.3 is 0 Å². The van der Waals surface area contributed by atoms with E-state index in [1.807, 2.05) is 25.1 Å². The van der Waals surface area contributed by atoms with Gasteiger partial charge < -0.3 is 10.2 Å². The average Bonchev–Trinajstić information content (AvgIpc) is 3.25. The summed E-state index contributed by atoms with van der Waals surface area (Å²) in [6.45, 7) is 6.64. The summed E-state index contributed by atoms with van der Waals surface area (Å²) in [7, 11) is -3.56. The number of rotatable bonds is 6. The molecule has 9 heteroatoms. The standard InChI is InChI=1S/C28H28ClFN2O4S/c1-16-13-18(19-9-11-20(17(2)33)24(14-19)37(5,35)36)10-12-23(16)32-15-25(28(3,4)34)31-27(32)21-7-6-8-22(30)26(21)29/h6-15,17,33-34H,1-5H3. The normalized spacial score (nSPS) is 13.1. The van der Waals surface area contributed by atoms with E-state index in [2.05, 4.69) is 4.98 Å². The Hall–Kier alpha value is -3.04. The minimum Gasteiger partial charge on any atom is -0.389 e. The monoisotopic (exact) mass is 542 g/mol. The summed E-state index contributed by atoms with van der Waals surface area (Å²) in [6.07, 6.45) is 1.88. The molecule has 0 bridgehead atoms. The molecule has 3 aromatic carbocycles. The molecule has 6 nitrogen and oxygen atoms in total. The summed E-state index contributed by atoms with van der Waals surface area (Å²) < 4.78 is 40.8. The Bertz CT molecular complexity index is 1610. The highest BCUT2D eigenvalue weighted by molar-refractivity contribution is 7.90. The highest BCUT2D eigenvalue weighted by Gasteiger charge is 2.25. The number of imidazole rings is 1. The lowest BCUT2D eigenvalue weighted by molar-refractivity contribution is 0.0743. The minimum absolute atomic E-state index is 0.0718. The zero-order valence-electron chi connectivity index (χ0n) is 21.1. The number of benzene rings is 3. The van der Waals surface area contributed by atoms with Gasteiger partial charge in [-0.1, -0.05) is 35.9 Å². The van der Waals surface area contributed by atoms with Crippen molar-refractivity contribution >= 4 is 21.4 Å². The van der Waals surface area contributed by atoms with Crippen molar-refractivity contribution in [2.24, 2.45) is 0 Å². The molecular weight excluding hydrogens is 515 g/mol. The first-order valence-corrected chi connectivity index (χ1v) is 13.9. The SMILES string of the molecule is Cc1cc(-c2ccc(C(C)O)c(S(C)(=O)=O)c2)ccc1-n1cc(C(C)(C)O)nc1-c1cccc(F)c1Cl. The summed E-state index contributed by atoms with van der Waals surface area (Å²) in [6, 6.07) is 15.0. The van der Waals surface area contributed by atoms with Crippen LogP contribution in [0.15, 0.2) is 65.7 Å². The van der Waals surface area contributed by atoms with E-state index in [0.29, 0.717) is 28.2 Å². The topological polar surface area (TPSA) is 92.4 Å². The van der Waals surface area contributed by atoms with Crippen molar-refractivity contribution in [1.29, 1.82) is 0 Å². The summed E-state index contributed by atoms with van der Waals surface area (Å²) in [5.41, 5.74) is 2.87. The van der Waals surface area contributed by atoms with Crippen LogP contribution in [0.3, 0.4) is 0 Å². The smallest absolute Gasteiger partial charge is 0.175 e. The maximum atomic E-state index is 14.3. The molecule has 1 unspecified atom stereocenters. The lowest BCUT2D eigenvalue weighted by atomic mass is 9.99. The molecular formula is C28H28ClFN2O4S. The molecule has 4 aromatic rings. The third-order valence-corrected chi connectivity index (χ3v) is 7.71. The molecule has 4 rings (SSSR count). The molecule has 0 saturated heterocycles. The van der Waals surface area contributed by atoms with Gasteiger partial charge in [-0.3, -0.25) is 4.57 Å². The second-order valence-electron chi connectivity index (χ2n) is 9.68. The van der Waals surface area contributed by atoms with E-state index in [4.69, 9.17) is 11.6 Å². The molecule has 1 atom stereocenters. The zero-order chi connectivity index (χ0) is 27.3. The molecule has 0 saturated carbocycles. The van der Waals surface area contributed by atoms with Gasteiger partial charge in [-0.25, -0.2) is 17.8 Å². The number of aliphatic hydroxyl groups excluding tert-OH is 1. The Balaban J connectivity index is 1.87. The van der Waals surface area contributed by atoms with Gasteiger partial charge in [0, 0.05) is 18.0 Å². The van der Waals surface area contributed by atoms with Gasteiger partial charge in [-0.2, -0.15) is 0 Å². The van der Waals surface area contributed by atoms with E-state index in [1.165, 1.54) is 13.0 Å². The molecule has 194 valence electrons. The zero-order valence-corrected chi connectivity index (χ0v) is 22.7. The summed E-state index contributed by atoms with van der Waals surface area (Å²) in [5.74, 6) is -0.203. The van der Waals surface area contributed by atoms with Gasteiger partial charge in [0.15, 0.2) is 9.84 Å². The number of hydrogen-bond acceptors (Lipinski definition) is 5. The molecule has 0 aliphatic carbocycles.